The van der Waals surface area contributed by atoms with E-state index in [1.54, 1.807) is 47.3 Å². The lowest BCUT2D eigenvalue weighted by molar-refractivity contribution is -0.123. The molecule has 0 aliphatic rings. The van der Waals surface area contributed by atoms with Gasteiger partial charge in [-0.15, -0.1) is 0 Å². The van der Waals surface area contributed by atoms with Crippen LogP contribution in [0.4, 0.5) is 5.82 Å². The summed E-state index contributed by atoms with van der Waals surface area (Å²) in [5, 5.41) is 6.84. The average molecular weight is 301 g/mol. The maximum Gasteiger partial charge on any atom is 0.338 e. The van der Waals surface area contributed by atoms with Gasteiger partial charge in [0.25, 0.3) is 5.91 Å². The number of nitrogens with one attached hydrogen (secondary N) is 1. The van der Waals surface area contributed by atoms with Gasteiger partial charge in [0.2, 0.25) is 0 Å². The second kappa shape index (κ2) is 6.89. The molecule has 116 valence electrons. The lowest BCUT2D eigenvalue weighted by atomic mass is 10.2. The van der Waals surface area contributed by atoms with Gasteiger partial charge in [-0.25, -0.2) is 9.48 Å². The predicted octanol–water partition coefficient (Wildman–Crippen LogP) is 2.65. The minimum absolute atomic E-state index is 0.118. The zero-order valence-corrected chi connectivity index (χ0v) is 12.8. The van der Waals surface area contributed by atoms with Crippen molar-refractivity contribution >= 4 is 17.7 Å². The first-order valence-electron chi connectivity index (χ1n) is 7.09. The molecule has 6 heteroatoms. The van der Waals surface area contributed by atoms with E-state index in [2.05, 4.69) is 10.4 Å². The summed E-state index contributed by atoms with van der Waals surface area (Å²) >= 11 is 0. The summed E-state index contributed by atoms with van der Waals surface area (Å²) in [5.41, 5.74) is 0.411. The fraction of sp³-hybridized carbons (Fsp3) is 0.312. The van der Waals surface area contributed by atoms with Crippen LogP contribution >= 0.6 is 0 Å². The third-order valence-corrected chi connectivity index (χ3v) is 3.07. The van der Waals surface area contributed by atoms with Crippen LogP contribution in [-0.4, -0.2) is 27.8 Å². The molecule has 0 spiro atoms. The topological polar surface area (TPSA) is 73.2 Å². The number of amides is 1. The highest BCUT2D eigenvalue weighted by atomic mass is 16.5. The zero-order valence-electron chi connectivity index (χ0n) is 12.8. The van der Waals surface area contributed by atoms with Crippen LogP contribution in [-0.2, 0) is 9.53 Å². The van der Waals surface area contributed by atoms with Crippen molar-refractivity contribution in [2.75, 3.05) is 5.32 Å². The van der Waals surface area contributed by atoms with Gasteiger partial charge in [-0.2, -0.15) is 5.10 Å². The number of anilines is 1. The molecule has 0 saturated carbocycles. The summed E-state index contributed by atoms with van der Waals surface area (Å²) in [4.78, 5) is 24.0. The fourth-order valence-electron chi connectivity index (χ4n) is 1.91. The highest BCUT2D eigenvalue weighted by Gasteiger charge is 2.20. The molecule has 0 radical (unpaired) electrons. The van der Waals surface area contributed by atoms with Gasteiger partial charge >= 0.3 is 5.97 Å². The maximum atomic E-state index is 12.1. The normalized spacial score (nSPS) is 12.0. The molecule has 0 unspecified atom stereocenters. The van der Waals surface area contributed by atoms with Crippen molar-refractivity contribution in [1.82, 2.24) is 9.78 Å². The summed E-state index contributed by atoms with van der Waals surface area (Å²) in [6, 6.07) is 10.4. The summed E-state index contributed by atoms with van der Waals surface area (Å²) < 4.78 is 6.85. The quantitative estimate of drug-likeness (QED) is 0.862. The Hall–Kier alpha value is -2.63. The minimum Gasteiger partial charge on any atom is -0.449 e. The molecule has 0 aliphatic heterocycles. The van der Waals surface area contributed by atoms with Gasteiger partial charge in [0, 0.05) is 12.1 Å². The maximum absolute atomic E-state index is 12.1. The Bertz CT molecular complexity index is 650. The summed E-state index contributed by atoms with van der Waals surface area (Å²) in [5.74, 6) is -0.352. The van der Waals surface area contributed by atoms with E-state index < -0.39 is 18.0 Å². The fourth-order valence-corrected chi connectivity index (χ4v) is 1.91. The van der Waals surface area contributed by atoms with Crippen LogP contribution in [0.2, 0.25) is 0 Å². The van der Waals surface area contributed by atoms with Crippen LogP contribution in [0.25, 0.3) is 0 Å². The predicted molar refractivity (Wildman–Crippen MR) is 82.6 cm³/mol. The average Bonchev–Trinajstić information content (AvgIpc) is 2.96. The number of esters is 1. The molecular weight excluding hydrogens is 282 g/mol. The Kier molecular flexibility index (Phi) is 4.93. The third kappa shape index (κ3) is 3.72. The number of aromatic nitrogens is 2. The number of ether oxygens (including phenoxy) is 1. The Morgan fingerprint density at radius 1 is 1.14 bits per heavy atom. The Labute approximate surface area is 129 Å². The highest BCUT2D eigenvalue weighted by Crippen LogP contribution is 2.14. The van der Waals surface area contributed by atoms with Gasteiger partial charge < -0.3 is 10.1 Å². The van der Waals surface area contributed by atoms with E-state index >= 15 is 0 Å². The van der Waals surface area contributed by atoms with Crippen LogP contribution in [0.15, 0.2) is 42.6 Å². The van der Waals surface area contributed by atoms with Gasteiger partial charge in [-0.05, 0) is 32.9 Å². The molecule has 1 aromatic carbocycles. The Balaban J connectivity index is 1.98. The van der Waals surface area contributed by atoms with E-state index in [0.717, 1.165) is 0 Å². The molecule has 1 heterocycles. The van der Waals surface area contributed by atoms with Crippen molar-refractivity contribution in [3.05, 3.63) is 48.2 Å². The molecule has 22 heavy (non-hydrogen) atoms. The monoisotopic (exact) mass is 301 g/mol. The molecule has 6 nitrogen and oxygen atoms in total. The standard InChI is InChI=1S/C16H19N3O3/c1-11(2)19-14(9-10-17-19)18-15(20)12(3)22-16(21)13-7-5-4-6-8-13/h4-12H,1-3H3,(H,18,20)/t12-/m0/s1. The second-order valence-electron chi connectivity index (χ2n) is 5.16. The van der Waals surface area contributed by atoms with Crippen molar-refractivity contribution in [1.29, 1.82) is 0 Å². The van der Waals surface area contributed by atoms with Crippen LogP contribution in [0, 0.1) is 0 Å². The third-order valence-electron chi connectivity index (χ3n) is 3.07. The zero-order chi connectivity index (χ0) is 16.1. The largest absolute Gasteiger partial charge is 0.449 e. The van der Waals surface area contributed by atoms with Crippen LogP contribution < -0.4 is 5.32 Å². The highest BCUT2D eigenvalue weighted by molar-refractivity contribution is 5.96. The van der Waals surface area contributed by atoms with Gasteiger partial charge in [0.05, 0.1) is 11.8 Å². The molecule has 0 fully saturated rings. The Morgan fingerprint density at radius 3 is 2.45 bits per heavy atom. The second-order valence-corrected chi connectivity index (χ2v) is 5.16. The number of rotatable bonds is 5. The van der Waals surface area contributed by atoms with Crippen LogP contribution in [0.5, 0.6) is 0 Å². The van der Waals surface area contributed by atoms with Crippen molar-refractivity contribution < 1.29 is 14.3 Å². The Morgan fingerprint density at radius 2 is 1.82 bits per heavy atom. The number of hydrogen-bond donors (Lipinski definition) is 1. The van der Waals surface area contributed by atoms with Crippen LogP contribution in [0.1, 0.15) is 37.2 Å². The molecule has 0 bridgehead atoms. The smallest absolute Gasteiger partial charge is 0.338 e. The molecule has 1 N–H and O–H groups in total. The van der Waals surface area contributed by atoms with Gasteiger partial charge in [0.15, 0.2) is 6.10 Å². The van der Waals surface area contributed by atoms with Crippen molar-refractivity contribution in [3.8, 4) is 0 Å². The first-order valence-corrected chi connectivity index (χ1v) is 7.09. The summed E-state index contributed by atoms with van der Waals surface area (Å²) in [6.07, 6.45) is 0.708. The van der Waals surface area contributed by atoms with Crippen LogP contribution in [0.3, 0.4) is 0 Å². The minimum atomic E-state index is -0.900. The number of carbonyl (C=O) groups excluding carboxylic acids is 2. The SMILES string of the molecule is CC(C)n1nccc1NC(=O)[C@H](C)OC(=O)c1ccccc1. The van der Waals surface area contributed by atoms with Gasteiger partial charge in [-0.1, -0.05) is 18.2 Å². The van der Waals surface area contributed by atoms with Crippen molar-refractivity contribution in [3.63, 3.8) is 0 Å². The van der Waals surface area contributed by atoms with Gasteiger partial charge in [0.1, 0.15) is 5.82 Å². The molecule has 1 aromatic heterocycles. The van der Waals surface area contributed by atoms with Gasteiger partial charge in [-0.3, -0.25) is 4.79 Å². The van der Waals surface area contributed by atoms with E-state index in [0.29, 0.717) is 11.4 Å². The molecule has 0 saturated heterocycles. The number of nitrogens with zero attached hydrogens (tertiary/aromatic N) is 2. The van der Waals surface area contributed by atoms with E-state index in [1.807, 2.05) is 13.8 Å². The molecule has 2 aromatic rings. The molecule has 1 amide bonds. The van der Waals surface area contributed by atoms with Crippen molar-refractivity contribution in [2.24, 2.45) is 0 Å². The molecule has 0 aliphatic carbocycles. The molecule has 2 rings (SSSR count). The summed E-state index contributed by atoms with van der Waals surface area (Å²) in [7, 11) is 0. The van der Waals surface area contributed by atoms with E-state index in [1.165, 1.54) is 6.92 Å². The first kappa shape index (κ1) is 15.8. The summed E-state index contributed by atoms with van der Waals surface area (Å²) in [6.45, 7) is 5.45. The van der Waals surface area contributed by atoms with E-state index in [4.69, 9.17) is 4.74 Å². The lowest BCUT2D eigenvalue weighted by Gasteiger charge is -2.15. The van der Waals surface area contributed by atoms with Crippen molar-refractivity contribution in [2.45, 2.75) is 32.9 Å². The van der Waals surface area contributed by atoms with E-state index in [9.17, 15) is 9.59 Å². The number of hydrogen-bond acceptors (Lipinski definition) is 4. The number of benzene rings is 1. The van der Waals surface area contributed by atoms with E-state index in [-0.39, 0.29) is 6.04 Å². The molecule has 1 atom stereocenters. The number of carbonyl (C=O) groups is 2. The first-order chi connectivity index (χ1) is 10.5. The molecular formula is C16H19N3O3. The lowest BCUT2D eigenvalue weighted by Crippen LogP contribution is -2.31.